The van der Waals surface area contributed by atoms with Crippen LogP contribution in [0.4, 0.5) is 4.39 Å². The van der Waals surface area contributed by atoms with Crippen LogP contribution in [0.1, 0.15) is 23.8 Å². The van der Waals surface area contributed by atoms with E-state index in [0.717, 1.165) is 17.5 Å². The summed E-state index contributed by atoms with van der Waals surface area (Å²) in [4.78, 5) is 18.2. The monoisotopic (exact) mass is 324 g/mol. The first-order valence-electron chi connectivity index (χ1n) is 7.77. The fourth-order valence-electron chi connectivity index (χ4n) is 2.86. The Morgan fingerprint density at radius 1 is 1.29 bits per heavy atom. The van der Waals surface area contributed by atoms with Crippen LogP contribution in [0.2, 0.25) is 0 Å². The van der Waals surface area contributed by atoms with Gasteiger partial charge >= 0.3 is 0 Å². The largest absolute Gasteiger partial charge is 0.346 e. The third-order valence-electron chi connectivity index (χ3n) is 4.37. The number of hydrogen-bond donors (Lipinski definition) is 1. The highest BCUT2D eigenvalue weighted by atomic mass is 19.1. The number of nitrogens with zero attached hydrogens (tertiary/aromatic N) is 3. The van der Waals surface area contributed by atoms with Crippen LogP contribution in [-0.4, -0.2) is 34.4 Å². The number of amides is 1. The molecule has 2 heterocycles. The molecule has 2 unspecified atom stereocenters. The van der Waals surface area contributed by atoms with Gasteiger partial charge in [-0.2, -0.15) is 5.26 Å². The Kier molecular flexibility index (Phi) is 4.43. The number of carbonyl (C=O) groups is 1. The second-order valence-electron chi connectivity index (χ2n) is 5.84. The molecule has 3 rings (SSSR count). The van der Waals surface area contributed by atoms with Crippen molar-refractivity contribution >= 4 is 5.91 Å². The van der Waals surface area contributed by atoms with Crippen LogP contribution < -0.4 is 5.32 Å². The number of rotatable bonds is 3. The SMILES string of the molecule is CC1C(NC(=O)c2ccc(-c3ccc(F)cc3)cn2)CCN1C#N. The Hall–Kier alpha value is -2.94. The number of carbonyl (C=O) groups excluding carboxylic acids is 1. The Morgan fingerprint density at radius 2 is 2.00 bits per heavy atom. The molecule has 122 valence electrons. The Balaban J connectivity index is 1.68. The highest BCUT2D eigenvalue weighted by molar-refractivity contribution is 5.92. The summed E-state index contributed by atoms with van der Waals surface area (Å²) in [5.74, 6) is -0.544. The molecule has 1 N–H and O–H groups in total. The molecule has 1 aliphatic rings. The van der Waals surface area contributed by atoms with Crippen molar-refractivity contribution in [1.29, 1.82) is 5.26 Å². The molecule has 5 nitrogen and oxygen atoms in total. The number of likely N-dealkylation sites (tertiary alicyclic amines) is 1. The van der Waals surface area contributed by atoms with E-state index in [1.54, 1.807) is 35.4 Å². The molecule has 2 atom stereocenters. The highest BCUT2D eigenvalue weighted by Gasteiger charge is 2.31. The van der Waals surface area contributed by atoms with Gasteiger partial charge < -0.3 is 10.2 Å². The number of halogens is 1. The van der Waals surface area contributed by atoms with Gasteiger partial charge in [0.25, 0.3) is 5.91 Å². The van der Waals surface area contributed by atoms with E-state index >= 15 is 0 Å². The lowest BCUT2D eigenvalue weighted by atomic mass is 10.1. The van der Waals surface area contributed by atoms with Crippen LogP contribution in [0, 0.1) is 17.3 Å². The summed E-state index contributed by atoms with van der Waals surface area (Å²) in [6, 6.07) is 9.47. The maximum absolute atomic E-state index is 13.0. The normalized spacial score (nSPS) is 19.8. The second kappa shape index (κ2) is 6.67. The third kappa shape index (κ3) is 3.20. The number of benzene rings is 1. The van der Waals surface area contributed by atoms with Crippen molar-refractivity contribution in [3.05, 3.63) is 54.1 Å². The van der Waals surface area contributed by atoms with E-state index in [0.29, 0.717) is 12.2 Å². The molecular weight excluding hydrogens is 307 g/mol. The molecule has 0 bridgehead atoms. The van der Waals surface area contributed by atoms with Gasteiger partial charge in [-0.3, -0.25) is 9.78 Å². The fourth-order valence-corrected chi connectivity index (χ4v) is 2.86. The van der Waals surface area contributed by atoms with Crippen molar-refractivity contribution < 1.29 is 9.18 Å². The van der Waals surface area contributed by atoms with Gasteiger partial charge in [0.1, 0.15) is 11.5 Å². The van der Waals surface area contributed by atoms with Gasteiger partial charge in [-0.05, 0) is 37.1 Å². The molecule has 0 aliphatic carbocycles. The van der Waals surface area contributed by atoms with E-state index in [2.05, 4.69) is 16.5 Å². The summed E-state index contributed by atoms with van der Waals surface area (Å²) >= 11 is 0. The zero-order valence-electron chi connectivity index (χ0n) is 13.2. The lowest BCUT2D eigenvalue weighted by molar-refractivity contribution is 0.0926. The summed E-state index contributed by atoms with van der Waals surface area (Å²) in [5, 5.41) is 11.9. The Morgan fingerprint density at radius 3 is 2.58 bits per heavy atom. The van der Waals surface area contributed by atoms with Gasteiger partial charge in [0.05, 0.1) is 12.1 Å². The Bertz CT molecular complexity index is 767. The minimum Gasteiger partial charge on any atom is -0.346 e. The first kappa shape index (κ1) is 15.9. The van der Waals surface area contributed by atoms with Gasteiger partial charge in [-0.25, -0.2) is 4.39 Å². The average Bonchev–Trinajstić information content (AvgIpc) is 2.95. The molecule has 1 saturated heterocycles. The predicted octanol–water partition coefficient (Wildman–Crippen LogP) is 2.56. The molecule has 1 aromatic carbocycles. The molecule has 1 amide bonds. The molecule has 1 aliphatic heterocycles. The first-order chi connectivity index (χ1) is 11.6. The molecular formula is C18H17FN4O. The smallest absolute Gasteiger partial charge is 0.270 e. The van der Waals surface area contributed by atoms with Crippen LogP contribution in [0.5, 0.6) is 0 Å². The molecule has 2 aromatic rings. The zero-order valence-corrected chi connectivity index (χ0v) is 13.2. The van der Waals surface area contributed by atoms with Crippen LogP contribution in [0.15, 0.2) is 42.6 Å². The van der Waals surface area contributed by atoms with Crippen LogP contribution in [-0.2, 0) is 0 Å². The van der Waals surface area contributed by atoms with E-state index in [1.165, 1.54) is 12.1 Å². The summed E-state index contributed by atoms with van der Waals surface area (Å²) in [5.41, 5.74) is 1.98. The van der Waals surface area contributed by atoms with Crippen LogP contribution >= 0.6 is 0 Å². The van der Waals surface area contributed by atoms with E-state index in [1.807, 2.05) is 6.92 Å². The van der Waals surface area contributed by atoms with Gasteiger partial charge in [-0.1, -0.05) is 18.2 Å². The standard InChI is InChI=1S/C18H17FN4O/c1-12-16(8-9-23(12)11-20)22-18(24)17-7-4-14(10-21-17)13-2-5-15(19)6-3-13/h2-7,10,12,16H,8-9H2,1H3,(H,22,24). The number of pyridine rings is 1. The average molecular weight is 324 g/mol. The fraction of sp³-hybridized carbons (Fsp3) is 0.278. The van der Waals surface area contributed by atoms with Crippen molar-refractivity contribution in [1.82, 2.24) is 15.2 Å². The molecule has 0 spiro atoms. The summed E-state index contributed by atoms with van der Waals surface area (Å²) in [6.45, 7) is 2.58. The van der Waals surface area contributed by atoms with Crippen molar-refractivity contribution in [3.8, 4) is 17.3 Å². The molecule has 24 heavy (non-hydrogen) atoms. The van der Waals surface area contributed by atoms with E-state index in [4.69, 9.17) is 5.26 Å². The lowest BCUT2D eigenvalue weighted by Crippen LogP contribution is -2.42. The van der Waals surface area contributed by atoms with E-state index in [9.17, 15) is 9.18 Å². The molecule has 1 fully saturated rings. The summed E-state index contributed by atoms with van der Waals surface area (Å²) in [6.07, 6.45) is 4.47. The minimum absolute atomic E-state index is 0.0163. The first-order valence-corrected chi connectivity index (χ1v) is 7.77. The molecule has 0 saturated carbocycles. The Labute approximate surface area is 139 Å². The van der Waals surface area contributed by atoms with Crippen molar-refractivity contribution in [3.63, 3.8) is 0 Å². The predicted molar refractivity (Wildman–Crippen MR) is 87.3 cm³/mol. The van der Waals surface area contributed by atoms with Crippen molar-refractivity contribution in [2.75, 3.05) is 6.54 Å². The number of aromatic nitrogens is 1. The summed E-state index contributed by atoms with van der Waals surface area (Å²) in [7, 11) is 0. The van der Waals surface area contributed by atoms with Crippen LogP contribution in [0.25, 0.3) is 11.1 Å². The molecule has 6 heteroatoms. The third-order valence-corrected chi connectivity index (χ3v) is 4.37. The topological polar surface area (TPSA) is 69.0 Å². The number of nitrogens with one attached hydrogen (secondary N) is 1. The number of nitriles is 1. The van der Waals surface area contributed by atoms with Crippen LogP contribution in [0.3, 0.4) is 0 Å². The van der Waals surface area contributed by atoms with E-state index < -0.39 is 0 Å². The maximum atomic E-state index is 13.0. The molecule has 0 radical (unpaired) electrons. The quantitative estimate of drug-likeness (QED) is 0.881. The minimum atomic E-state index is -0.292. The lowest BCUT2D eigenvalue weighted by Gasteiger charge is -2.20. The van der Waals surface area contributed by atoms with Gasteiger partial charge in [0.15, 0.2) is 6.19 Å². The van der Waals surface area contributed by atoms with Gasteiger partial charge in [0, 0.05) is 18.3 Å². The van der Waals surface area contributed by atoms with E-state index in [-0.39, 0.29) is 23.8 Å². The second-order valence-corrected chi connectivity index (χ2v) is 5.84. The van der Waals surface area contributed by atoms with Crippen molar-refractivity contribution in [2.45, 2.75) is 25.4 Å². The highest BCUT2D eigenvalue weighted by Crippen LogP contribution is 2.20. The van der Waals surface area contributed by atoms with Crippen molar-refractivity contribution in [2.24, 2.45) is 0 Å². The van der Waals surface area contributed by atoms with Gasteiger partial charge in [0.2, 0.25) is 0 Å². The number of hydrogen-bond acceptors (Lipinski definition) is 4. The summed E-state index contributed by atoms with van der Waals surface area (Å²) < 4.78 is 13.0. The zero-order chi connectivity index (χ0) is 17.1. The van der Waals surface area contributed by atoms with Gasteiger partial charge in [-0.15, -0.1) is 0 Å². The maximum Gasteiger partial charge on any atom is 0.270 e. The molecule has 1 aromatic heterocycles.